The Kier molecular flexibility index (Phi) is 6.62. The molecular formula is C12H22N4O3. The fourth-order valence-corrected chi connectivity index (χ4v) is 2.49. The molecule has 1 saturated carbocycles. The Morgan fingerprint density at radius 2 is 2.16 bits per heavy atom. The molecule has 1 N–H and O–H groups in total. The monoisotopic (exact) mass is 270 g/mol. The lowest BCUT2D eigenvalue weighted by molar-refractivity contribution is -0.151. The predicted octanol–water partition coefficient (Wildman–Crippen LogP) is 1.78. The number of nitrogens with zero attached hydrogens (tertiary/aromatic N) is 3. The molecule has 0 unspecified atom stereocenters. The Balaban J connectivity index is 2.52. The lowest BCUT2D eigenvalue weighted by Crippen LogP contribution is -2.55. The van der Waals surface area contributed by atoms with Crippen LogP contribution in [0.2, 0.25) is 0 Å². The molecule has 0 heterocycles. The van der Waals surface area contributed by atoms with Crippen LogP contribution in [0, 0.1) is 0 Å². The van der Waals surface area contributed by atoms with Gasteiger partial charge >= 0.3 is 5.97 Å². The van der Waals surface area contributed by atoms with Crippen molar-refractivity contribution in [1.82, 2.24) is 5.32 Å². The molecule has 0 bridgehead atoms. The molecule has 1 aliphatic carbocycles. The van der Waals surface area contributed by atoms with Crippen LogP contribution < -0.4 is 5.32 Å². The van der Waals surface area contributed by atoms with Gasteiger partial charge in [0.2, 0.25) is 0 Å². The average molecular weight is 270 g/mol. The number of azide groups is 1. The minimum atomic E-state index is -0.611. The second kappa shape index (κ2) is 7.99. The predicted molar refractivity (Wildman–Crippen MR) is 70.6 cm³/mol. The molecule has 108 valence electrons. The zero-order valence-corrected chi connectivity index (χ0v) is 11.6. The van der Waals surface area contributed by atoms with Crippen LogP contribution in [-0.2, 0) is 14.3 Å². The van der Waals surface area contributed by atoms with Crippen LogP contribution >= 0.6 is 0 Å². The molecule has 0 saturated heterocycles. The molecule has 7 nitrogen and oxygen atoms in total. The van der Waals surface area contributed by atoms with Gasteiger partial charge in [0.1, 0.15) is 5.54 Å². The van der Waals surface area contributed by atoms with Crippen molar-refractivity contribution in [3.63, 3.8) is 0 Å². The number of methoxy groups -OCH3 is 2. The highest BCUT2D eigenvalue weighted by molar-refractivity contribution is 5.80. The molecule has 0 aromatic carbocycles. The van der Waals surface area contributed by atoms with Gasteiger partial charge in [0, 0.05) is 18.6 Å². The fourth-order valence-electron chi connectivity index (χ4n) is 2.49. The number of hydrogen-bond donors (Lipinski definition) is 1. The second-order valence-electron chi connectivity index (χ2n) is 4.74. The van der Waals surface area contributed by atoms with E-state index in [-0.39, 0.29) is 12.1 Å². The number of carbonyl (C=O) groups excluding carboxylic acids is 1. The second-order valence-corrected chi connectivity index (χ2v) is 4.74. The van der Waals surface area contributed by atoms with Crippen molar-refractivity contribution < 1.29 is 14.3 Å². The largest absolute Gasteiger partial charge is 0.468 e. The van der Waals surface area contributed by atoms with E-state index in [1.54, 1.807) is 7.11 Å². The SMILES string of the molecule is COC(=O)C1(NCCCN=[N+]=[N-])CCC(OC)CC1. The van der Waals surface area contributed by atoms with Crippen LogP contribution in [-0.4, -0.2) is 44.9 Å². The van der Waals surface area contributed by atoms with Gasteiger partial charge < -0.3 is 14.8 Å². The first-order chi connectivity index (χ1) is 9.18. The van der Waals surface area contributed by atoms with Crippen molar-refractivity contribution in [1.29, 1.82) is 0 Å². The number of nitrogens with one attached hydrogen (secondary N) is 1. The summed E-state index contributed by atoms with van der Waals surface area (Å²) < 4.78 is 10.2. The van der Waals surface area contributed by atoms with E-state index in [0.29, 0.717) is 32.4 Å². The first kappa shape index (κ1) is 15.8. The van der Waals surface area contributed by atoms with Crippen molar-refractivity contribution in [3.05, 3.63) is 10.4 Å². The summed E-state index contributed by atoms with van der Waals surface area (Å²) in [6.45, 7) is 1.06. The third-order valence-corrected chi connectivity index (χ3v) is 3.66. The highest BCUT2D eigenvalue weighted by Gasteiger charge is 2.42. The average Bonchev–Trinajstić information content (AvgIpc) is 2.46. The topological polar surface area (TPSA) is 96.3 Å². The summed E-state index contributed by atoms with van der Waals surface area (Å²) in [7, 11) is 3.11. The molecule has 1 fully saturated rings. The van der Waals surface area contributed by atoms with Gasteiger partial charge in [0.15, 0.2) is 0 Å². The first-order valence-electron chi connectivity index (χ1n) is 6.55. The zero-order valence-electron chi connectivity index (χ0n) is 11.6. The van der Waals surface area contributed by atoms with Gasteiger partial charge in [-0.15, -0.1) is 0 Å². The molecule has 0 aliphatic heterocycles. The van der Waals surface area contributed by atoms with E-state index in [1.807, 2.05) is 0 Å². The van der Waals surface area contributed by atoms with E-state index < -0.39 is 5.54 Å². The van der Waals surface area contributed by atoms with Crippen LogP contribution in [0.25, 0.3) is 10.4 Å². The summed E-state index contributed by atoms with van der Waals surface area (Å²) in [6.07, 6.45) is 4.03. The first-order valence-corrected chi connectivity index (χ1v) is 6.55. The number of esters is 1. The lowest BCUT2D eigenvalue weighted by Gasteiger charge is -2.38. The van der Waals surface area contributed by atoms with Crippen LogP contribution in [0.15, 0.2) is 5.11 Å². The molecule has 0 atom stereocenters. The quantitative estimate of drug-likeness (QED) is 0.251. The summed E-state index contributed by atoms with van der Waals surface area (Å²) in [5, 5.41) is 6.75. The van der Waals surface area contributed by atoms with Gasteiger partial charge in [0.05, 0.1) is 13.2 Å². The van der Waals surface area contributed by atoms with Crippen molar-refractivity contribution in [2.75, 3.05) is 27.3 Å². The van der Waals surface area contributed by atoms with Gasteiger partial charge in [-0.3, -0.25) is 4.79 Å². The van der Waals surface area contributed by atoms with Crippen molar-refractivity contribution >= 4 is 5.97 Å². The maximum atomic E-state index is 12.0. The summed E-state index contributed by atoms with van der Waals surface area (Å²) >= 11 is 0. The molecule has 1 aliphatic rings. The summed E-state index contributed by atoms with van der Waals surface area (Å²) in [4.78, 5) is 14.7. The van der Waals surface area contributed by atoms with Gasteiger partial charge in [-0.05, 0) is 44.2 Å². The normalized spacial score (nSPS) is 26.5. The molecule has 7 heteroatoms. The van der Waals surface area contributed by atoms with Crippen LogP contribution in [0.4, 0.5) is 0 Å². The van der Waals surface area contributed by atoms with Gasteiger partial charge in [-0.25, -0.2) is 0 Å². The number of carbonyl (C=O) groups is 1. The van der Waals surface area contributed by atoms with Crippen LogP contribution in [0.5, 0.6) is 0 Å². The number of hydrogen-bond acceptors (Lipinski definition) is 5. The third kappa shape index (κ3) is 4.38. The van der Waals surface area contributed by atoms with Gasteiger partial charge in [-0.2, -0.15) is 0 Å². The highest BCUT2D eigenvalue weighted by Crippen LogP contribution is 2.30. The highest BCUT2D eigenvalue weighted by atomic mass is 16.5. The maximum Gasteiger partial charge on any atom is 0.326 e. The van der Waals surface area contributed by atoms with E-state index in [4.69, 9.17) is 15.0 Å². The van der Waals surface area contributed by atoms with Crippen LogP contribution in [0.3, 0.4) is 0 Å². The van der Waals surface area contributed by atoms with E-state index in [0.717, 1.165) is 12.8 Å². The number of ether oxygens (including phenoxy) is 2. The Morgan fingerprint density at radius 1 is 1.47 bits per heavy atom. The zero-order chi connectivity index (χ0) is 14.1. The number of rotatable bonds is 7. The molecule has 0 aromatic rings. The minimum Gasteiger partial charge on any atom is -0.468 e. The molecule has 19 heavy (non-hydrogen) atoms. The molecule has 0 amide bonds. The Bertz CT molecular complexity index is 334. The van der Waals surface area contributed by atoms with Gasteiger partial charge in [-0.1, -0.05) is 5.11 Å². The summed E-state index contributed by atoms with van der Waals surface area (Å²) in [5.74, 6) is -0.217. The van der Waals surface area contributed by atoms with Crippen molar-refractivity contribution in [2.24, 2.45) is 5.11 Å². The Hall–Kier alpha value is -1.30. The molecule has 0 spiro atoms. The van der Waals surface area contributed by atoms with E-state index in [9.17, 15) is 4.79 Å². The fraction of sp³-hybridized carbons (Fsp3) is 0.917. The van der Waals surface area contributed by atoms with E-state index in [1.165, 1.54) is 7.11 Å². The van der Waals surface area contributed by atoms with Crippen molar-refractivity contribution in [3.8, 4) is 0 Å². The lowest BCUT2D eigenvalue weighted by atomic mass is 9.80. The Morgan fingerprint density at radius 3 is 2.68 bits per heavy atom. The Labute approximate surface area is 113 Å². The molecule has 1 rings (SSSR count). The van der Waals surface area contributed by atoms with Crippen LogP contribution in [0.1, 0.15) is 32.1 Å². The minimum absolute atomic E-state index is 0.217. The maximum absolute atomic E-state index is 12.0. The molecule has 0 aromatic heterocycles. The van der Waals surface area contributed by atoms with E-state index >= 15 is 0 Å². The standard InChI is InChI=1S/C12H22N4O3/c1-18-10-4-6-12(7-5-10,11(17)19-2)14-8-3-9-15-16-13/h10,14H,3-9H2,1-2H3. The summed E-state index contributed by atoms with van der Waals surface area (Å²) in [6, 6.07) is 0. The van der Waals surface area contributed by atoms with Crippen molar-refractivity contribution in [2.45, 2.75) is 43.7 Å². The molecular weight excluding hydrogens is 248 g/mol. The van der Waals surface area contributed by atoms with E-state index in [2.05, 4.69) is 15.3 Å². The summed E-state index contributed by atoms with van der Waals surface area (Å²) in [5.41, 5.74) is 7.59. The third-order valence-electron chi connectivity index (χ3n) is 3.66. The molecule has 0 radical (unpaired) electrons. The smallest absolute Gasteiger partial charge is 0.326 e. The van der Waals surface area contributed by atoms with Gasteiger partial charge in [0.25, 0.3) is 0 Å².